The van der Waals surface area contributed by atoms with Crippen LogP contribution in [0.5, 0.6) is 0 Å². The Balaban J connectivity index is 1.16. The number of hydrogen-bond donors (Lipinski definition) is 2. The van der Waals surface area contributed by atoms with Gasteiger partial charge in [-0.3, -0.25) is 19.2 Å². The highest BCUT2D eigenvalue weighted by molar-refractivity contribution is 6.23. The van der Waals surface area contributed by atoms with Gasteiger partial charge in [0.05, 0.1) is 35.7 Å². The molecule has 1 amide bonds. The van der Waals surface area contributed by atoms with Crippen molar-refractivity contribution in [2.24, 2.45) is 0 Å². The molecule has 6 rings (SSSR count). The van der Waals surface area contributed by atoms with Crippen molar-refractivity contribution in [2.75, 3.05) is 13.1 Å². The van der Waals surface area contributed by atoms with E-state index in [1.54, 1.807) is 29.2 Å². The van der Waals surface area contributed by atoms with Crippen LogP contribution >= 0.6 is 0 Å². The number of aromatic nitrogens is 3. The van der Waals surface area contributed by atoms with Crippen molar-refractivity contribution >= 4 is 28.2 Å². The number of aromatic amines is 1. The Hall–Kier alpha value is -4.27. The van der Waals surface area contributed by atoms with Crippen LogP contribution < -0.4 is 5.32 Å². The molecule has 8 nitrogen and oxygen atoms in total. The molecule has 0 bridgehead atoms. The summed E-state index contributed by atoms with van der Waals surface area (Å²) >= 11 is 0. The molecule has 4 aromatic rings. The van der Waals surface area contributed by atoms with Crippen LogP contribution in [0.4, 0.5) is 0 Å². The summed E-state index contributed by atoms with van der Waals surface area (Å²) in [4.78, 5) is 31.8. The third-order valence-electron chi connectivity index (χ3n) is 7.78. The number of carbonyl (C=O) groups excluding carboxylic acids is 2. The maximum atomic E-state index is 13.1. The van der Waals surface area contributed by atoms with Crippen molar-refractivity contribution in [3.05, 3.63) is 107 Å². The molecule has 0 spiro atoms. The second-order valence-electron chi connectivity index (χ2n) is 11.2. The molecule has 8 heteroatoms. The highest BCUT2D eigenvalue weighted by Gasteiger charge is 2.23. The molecule has 41 heavy (non-hydrogen) atoms. The number of morpholine rings is 1. The van der Waals surface area contributed by atoms with Crippen LogP contribution in [0.3, 0.4) is 0 Å². The number of ether oxygens (including phenoxy) is 1. The van der Waals surface area contributed by atoms with E-state index in [0.717, 1.165) is 41.8 Å². The molecule has 210 valence electrons. The fourth-order valence-corrected chi connectivity index (χ4v) is 5.77. The Kier molecular flexibility index (Phi) is 7.43. The largest absolute Gasteiger partial charge is 0.373 e. The number of amides is 1. The lowest BCUT2D eigenvalue weighted by Gasteiger charge is -2.35. The predicted octanol–water partition coefficient (Wildman–Crippen LogP) is 5.25. The van der Waals surface area contributed by atoms with E-state index in [4.69, 9.17) is 4.74 Å². The summed E-state index contributed by atoms with van der Waals surface area (Å²) in [6.45, 7) is 8.95. The number of carbonyl (C=O) groups is 2. The number of benzene rings is 2. The molecule has 2 aromatic heterocycles. The SMILES string of the molecule is C[C@@H]1CN(Cc2ccc3[nH]c(C4=CC(NC(=O)c5cnn([C@@H](C)c6ccccc6)c5)=CCC4=O)cc3c2)C[C@H](C)O1. The van der Waals surface area contributed by atoms with Crippen LogP contribution in [-0.4, -0.2) is 56.7 Å². The van der Waals surface area contributed by atoms with Gasteiger partial charge in [0.25, 0.3) is 5.91 Å². The Morgan fingerprint density at radius 2 is 1.90 bits per heavy atom. The number of rotatable bonds is 7. The molecule has 2 aromatic carbocycles. The van der Waals surface area contributed by atoms with E-state index >= 15 is 0 Å². The normalized spacial score (nSPS) is 20.5. The maximum absolute atomic E-state index is 13.1. The Morgan fingerprint density at radius 1 is 1.12 bits per heavy atom. The lowest BCUT2D eigenvalue weighted by atomic mass is 9.98. The molecule has 3 atom stereocenters. The summed E-state index contributed by atoms with van der Waals surface area (Å²) in [6.07, 6.45) is 7.50. The van der Waals surface area contributed by atoms with E-state index in [1.807, 2.05) is 43.3 Å². The molecule has 0 saturated carbocycles. The van der Waals surface area contributed by atoms with Crippen LogP contribution in [0.1, 0.15) is 60.4 Å². The summed E-state index contributed by atoms with van der Waals surface area (Å²) < 4.78 is 7.65. The first-order chi connectivity index (χ1) is 19.8. The lowest BCUT2D eigenvalue weighted by Crippen LogP contribution is -2.44. The predicted molar refractivity (Wildman–Crippen MR) is 159 cm³/mol. The van der Waals surface area contributed by atoms with Gasteiger partial charge in [-0.25, -0.2) is 0 Å². The van der Waals surface area contributed by atoms with E-state index < -0.39 is 0 Å². The minimum atomic E-state index is -0.263. The third kappa shape index (κ3) is 5.94. The number of hydrogen-bond acceptors (Lipinski definition) is 5. The van der Waals surface area contributed by atoms with Crippen LogP contribution in [0.2, 0.25) is 0 Å². The number of Topliss-reactive ketones (excluding diaryl/α,β-unsaturated/α-hetero) is 1. The van der Waals surface area contributed by atoms with Gasteiger partial charge >= 0.3 is 0 Å². The molecular formula is C33H35N5O3. The van der Waals surface area contributed by atoms with Crippen molar-refractivity contribution in [1.29, 1.82) is 0 Å². The molecule has 2 N–H and O–H groups in total. The monoisotopic (exact) mass is 549 g/mol. The molecule has 1 aliphatic heterocycles. The topological polar surface area (TPSA) is 92.3 Å². The van der Waals surface area contributed by atoms with Gasteiger partial charge in [0, 0.05) is 54.4 Å². The van der Waals surface area contributed by atoms with Gasteiger partial charge in [0.1, 0.15) is 0 Å². The fourth-order valence-electron chi connectivity index (χ4n) is 5.77. The molecule has 1 fully saturated rings. The number of H-pyrrole nitrogens is 1. The number of fused-ring (bicyclic) bond motifs is 1. The summed E-state index contributed by atoms with van der Waals surface area (Å²) in [5.41, 5.74) is 5.68. The zero-order chi connectivity index (χ0) is 28.5. The van der Waals surface area contributed by atoms with Gasteiger partial charge in [-0.15, -0.1) is 0 Å². The number of nitrogens with one attached hydrogen (secondary N) is 2. The smallest absolute Gasteiger partial charge is 0.258 e. The van der Waals surface area contributed by atoms with Gasteiger partial charge in [-0.05, 0) is 56.2 Å². The summed E-state index contributed by atoms with van der Waals surface area (Å²) in [5, 5.41) is 8.42. The van der Waals surface area contributed by atoms with Gasteiger partial charge in [-0.2, -0.15) is 5.10 Å². The molecular weight excluding hydrogens is 514 g/mol. The average Bonchev–Trinajstić information content (AvgIpc) is 3.61. The van der Waals surface area contributed by atoms with Crippen molar-refractivity contribution in [1.82, 2.24) is 25.0 Å². The van der Waals surface area contributed by atoms with Crippen LogP contribution in [0, 0.1) is 0 Å². The zero-order valence-electron chi connectivity index (χ0n) is 23.6. The Labute approximate surface area is 239 Å². The van der Waals surface area contributed by atoms with Gasteiger partial charge in [0.2, 0.25) is 0 Å². The third-order valence-corrected chi connectivity index (χ3v) is 7.78. The Bertz CT molecular complexity index is 1640. The lowest BCUT2D eigenvalue weighted by molar-refractivity contribution is -0.113. The molecule has 0 radical (unpaired) electrons. The first-order valence-corrected chi connectivity index (χ1v) is 14.2. The molecule has 3 heterocycles. The van der Waals surface area contributed by atoms with E-state index in [1.165, 1.54) is 5.56 Å². The Morgan fingerprint density at radius 3 is 2.68 bits per heavy atom. The van der Waals surface area contributed by atoms with Gasteiger partial charge in [0.15, 0.2) is 5.78 Å². The summed E-state index contributed by atoms with van der Waals surface area (Å²) in [6, 6.07) is 18.4. The highest BCUT2D eigenvalue weighted by Crippen LogP contribution is 2.27. The van der Waals surface area contributed by atoms with E-state index in [0.29, 0.717) is 16.8 Å². The first kappa shape index (κ1) is 26.9. The van der Waals surface area contributed by atoms with Crippen LogP contribution in [0.25, 0.3) is 16.5 Å². The van der Waals surface area contributed by atoms with E-state index in [-0.39, 0.29) is 36.4 Å². The second kappa shape index (κ2) is 11.3. The molecule has 1 saturated heterocycles. The van der Waals surface area contributed by atoms with Gasteiger partial charge < -0.3 is 15.0 Å². The van der Waals surface area contributed by atoms with Crippen LogP contribution in [0.15, 0.2) is 84.8 Å². The van der Waals surface area contributed by atoms with Crippen LogP contribution in [-0.2, 0) is 16.1 Å². The van der Waals surface area contributed by atoms with Crippen molar-refractivity contribution in [3.8, 4) is 0 Å². The van der Waals surface area contributed by atoms with Crippen molar-refractivity contribution in [2.45, 2.75) is 52.0 Å². The average molecular weight is 550 g/mol. The summed E-state index contributed by atoms with van der Waals surface area (Å²) in [7, 11) is 0. The zero-order valence-corrected chi connectivity index (χ0v) is 23.6. The maximum Gasteiger partial charge on any atom is 0.258 e. The number of allylic oxidation sites excluding steroid dienone is 3. The molecule has 0 unspecified atom stereocenters. The van der Waals surface area contributed by atoms with Crippen molar-refractivity contribution < 1.29 is 14.3 Å². The number of ketones is 1. The fraction of sp³-hybridized carbons (Fsp3) is 0.303. The van der Waals surface area contributed by atoms with Gasteiger partial charge in [-0.1, -0.05) is 42.5 Å². The molecule has 1 aliphatic carbocycles. The molecule has 2 aliphatic rings. The number of nitrogens with zero attached hydrogens (tertiary/aromatic N) is 3. The summed E-state index contributed by atoms with van der Waals surface area (Å²) in [5.74, 6) is -0.253. The quantitative estimate of drug-likeness (QED) is 0.328. The minimum Gasteiger partial charge on any atom is -0.373 e. The highest BCUT2D eigenvalue weighted by atomic mass is 16.5. The van der Waals surface area contributed by atoms with E-state index in [2.05, 4.69) is 52.3 Å². The first-order valence-electron chi connectivity index (χ1n) is 14.2. The standard InChI is InChI=1S/C33H35N5O3/c1-21-17-37(18-22(2)41-21)19-24-9-11-30-26(13-24)14-31(36-30)29-15-28(10-12-32(29)39)35-33(40)27-16-34-38(20-27)23(3)25-7-5-4-6-8-25/h4-11,13-16,20-23,36H,12,17-19H2,1-3H3,(H,35,40)/t21-,22+,23-/m0/s1. The van der Waals surface area contributed by atoms with E-state index in [9.17, 15) is 9.59 Å². The van der Waals surface area contributed by atoms with Crippen molar-refractivity contribution in [3.63, 3.8) is 0 Å². The minimum absolute atomic E-state index is 0.000663. The second-order valence-corrected chi connectivity index (χ2v) is 11.2.